The normalized spacial score (nSPS) is 25.8. The zero-order chi connectivity index (χ0) is 13.0. The van der Waals surface area contributed by atoms with E-state index in [1.807, 2.05) is 6.92 Å². The van der Waals surface area contributed by atoms with E-state index in [0.717, 1.165) is 19.5 Å². The highest BCUT2D eigenvalue weighted by atomic mass is 35.5. The van der Waals surface area contributed by atoms with Crippen molar-refractivity contribution in [3.8, 4) is 0 Å². The number of likely N-dealkylation sites (tertiary alicyclic amines) is 1. The van der Waals surface area contributed by atoms with E-state index in [4.69, 9.17) is 5.73 Å². The van der Waals surface area contributed by atoms with Crippen LogP contribution in [-0.4, -0.2) is 49.1 Å². The number of hydrogen-bond donors (Lipinski definition) is 3. The lowest BCUT2D eigenvalue weighted by atomic mass is 9.94. The van der Waals surface area contributed by atoms with E-state index >= 15 is 0 Å². The first kappa shape index (κ1) is 17.2. The molecule has 3 amide bonds. The zero-order valence-electron chi connectivity index (χ0n) is 11.1. The number of rotatable bonds is 2. The minimum Gasteiger partial charge on any atom is -0.341 e. The number of nitrogens with two attached hydrogens (primary N) is 1. The van der Waals surface area contributed by atoms with Crippen molar-refractivity contribution in [1.82, 2.24) is 15.5 Å². The molecule has 3 unspecified atom stereocenters. The van der Waals surface area contributed by atoms with Crippen molar-refractivity contribution in [3.05, 3.63) is 0 Å². The maximum atomic E-state index is 11.8. The molecule has 0 aromatic rings. The van der Waals surface area contributed by atoms with Gasteiger partial charge >= 0.3 is 6.03 Å². The topological polar surface area (TPSA) is 87.5 Å². The molecule has 6 nitrogen and oxygen atoms in total. The van der Waals surface area contributed by atoms with Gasteiger partial charge in [-0.25, -0.2) is 4.79 Å². The molecule has 1 aliphatic rings. The molecule has 3 atom stereocenters. The van der Waals surface area contributed by atoms with E-state index in [2.05, 4.69) is 22.5 Å². The van der Waals surface area contributed by atoms with E-state index in [0.29, 0.717) is 5.92 Å². The van der Waals surface area contributed by atoms with Crippen molar-refractivity contribution in [2.75, 3.05) is 20.1 Å². The van der Waals surface area contributed by atoms with Crippen LogP contribution in [0.15, 0.2) is 0 Å². The van der Waals surface area contributed by atoms with Gasteiger partial charge in [-0.3, -0.25) is 15.0 Å². The Hall–Kier alpha value is -0.850. The molecule has 0 saturated carbocycles. The van der Waals surface area contributed by atoms with Crippen LogP contribution in [-0.2, 0) is 4.79 Å². The first-order valence-electron chi connectivity index (χ1n) is 5.98. The summed E-state index contributed by atoms with van der Waals surface area (Å²) in [4.78, 5) is 24.9. The monoisotopic (exact) mass is 278 g/mol. The van der Waals surface area contributed by atoms with Crippen LogP contribution < -0.4 is 16.4 Å². The summed E-state index contributed by atoms with van der Waals surface area (Å²) in [6.45, 7) is 5.49. The minimum absolute atomic E-state index is 0. The highest BCUT2D eigenvalue weighted by molar-refractivity contribution is 5.96. The minimum atomic E-state index is -0.469. The summed E-state index contributed by atoms with van der Waals surface area (Å²) in [5, 5.41) is 4.65. The zero-order valence-corrected chi connectivity index (χ0v) is 11.9. The summed E-state index contributed by atoms with van der Waals surface area (Å²) < 4.78 is 0. The van der Waals surface area contributed by atoms with Gasteiger partial charge in [-0.2, -0.15) is 0 Å². The molecule has 1 rings (SSSR count). The molecule has 1 heterocycles. The molecule has 18 heavy (non-hydrogen) atoms. The number of amides is 3. The third-order valence-electron chi connectivity index (χ3n) is 3.39. The third-order valence-corrected chi connectivity index (χ3v) is 3.39. The van der Waals surface area contributed by atoms with Gasteiger partial charge < -0.3 is 11.1 Å². The molecule has 7 heteroatoms. The molecule has 0 aromatic heterocycles. The van der Waals surface area contributed by atoms with Gasteiger partial charge in [0.25, 0.3) is 0 Å². The average Bonchev–Trinajstić information content (AvgIpc) is 2.31. The molecular weight excluding hydrogens is 256 g/mol. The second kappa shape index (κ2) is 7.56. The van der Waals surface area contributed by atoms with Crippen LogP contribution in [0.3, 0.4) is 0 Å². The number of carbonyl (C=O) groups excluding carboxylic acids is 2. The lowest BCUT2D eigenvalue weighted by molar-refractivity contribution is -0.125. The molecule has 0 aliphatic carbocycles. The van der Waals surface area contributed by atoms with Gasteiger partial charge in [0.15, 0.2) is 0 Å². The number of imide groups is 1. The van der Waals surface area contributed by atoms with Gasteiger partial charge in [0.2, 0.25) is 5.91 Å². The van der Waals surface area contributed by atoms with Crippen LogP contribution in [0.5, 0.6) is 0 Å². The summed E-state index contributed by atoms with van der Waals surface area (Å²) >= 11 is 0. The fraction of sp³-hybridized carbons (Fsp3) is 0.818. The standard InChI is InChI=1S/C11H22N4O2.ClH/c1-7-6-15(5-4-9(7)12)8(2)10(16)14-11(17)13-3;/h7-9H,4-6,12H2,1-3H3,(H2,13,14,16,17);1H. The van der Waals surface area contributed by atoms with Crippen LogP contribution in [0.2, 0.25) is 0 Å². The Bertz CT molecular complexity index is 301. The molecule has 1 saturated heterocycles. The molecule has 1 fully saturated rings. The van der Waals surface area contributed by atoms with Crippen LogP contribution in [0.4, 0.5) is 4.79 Å². The summed E-state index contributed by atoms with van der Waals surface area (Å²) in [7, 11) is 1.48. The highest BCUT2D eigenvalue weighted by Gasteiger charge is 2.29. The van der Waals surface area contributed by atoms with Crippen molar-refractivity contribution in [2.24, 2.45) is 11.7 Å². The van der Waals surface area contributed by atoms with Crippen LogP contribution in [0, 0.1) is 5.92 Å². The van der Waals surface area contributed by atoms with Gasteiger partial charge in [-0.1, -0.05) is 6.92 Å². The predicted molar refractivity (Wildman–Crippen MR) is 72.6 cm³/mol. The van der Waals surface area contributed by atoms with E-state index in [-0.39, 0.29) is 30.4 Å². The summed E-state index contributed by atoms with van der Waals surface area (Å²) in [6.07, 6.45) is 0.888. The maximum Gasteiger partial charge on any atom is 0.321 e. The number of urea groups is 1. The largest absolute Gasteiger partial charge is 0.341 e. The predicted octanol–water partition coefficient (Wildman–Crippen LogP) is -0.0786. The maximum absolute atomic E-state index is 11.8. The van der Waals surface area contributed by atoms with Crippen LogP contribution in [0.25, 0.3) is 0 Å². The SMILES string of the molecule is CNC(=O)NC(=O)C(C)N1CCC(N)C(C)C1.Cl. The Kier molecular flexibility index (Phi) is 7.20. The molecule has 0 radical (unpaired) electrons. The van der Waals surface area contributed by atoms with E-state index < -0.39 is 6.03 Å². The fourth-order valence-electron chi connectivity index (χ4n) is 1.99. The van der Waals surface area contributed by atoms with Crippen molar-refractivity contribution < 1.29 is 9.59 Å². The molecule has 0 spiro atoms. The van der Waals surface area contributed by atoms with Gasteiger partial charge in [0.05, 0.1) is 6.04 Å². The second-order valence-electron chi connectivity index (χ2n) is 4.67. The number of nitrogens with zero attached hydrogens (tertiary/aromatic N) is 1. The van der Waals surface area contributed by atoms with E-state index in [9.17, 15) is 9.59 Å². The molecule has 0 bridgehead atoms. The smallest absolute Gasteiger partial charge is 0.321 e. The third kappa shape index (κ3) is 4.44. The van der Waals surface area contributed by atoms with Crippen molar-refractivity contribution in [2.45, 2.75) is 32.4 Å². The number of halogens is 1. The van der Waals surface area contributed by atoms with Crippen LogP contribution >= 0.6 is 12.4 Å². The number of piperidine rings is 1. The Labute approximate surface area is 114 Å². The number of hydrogen-bond acceptors (Lipinski definition) is 4. The molecule has 0 aromatic carbocycles. The summed E-state index contributed by atoms with van der Waals surface area (Å²) in [5.41, 5.74) is 5.93. The van der Waals surface area contributed by atoms with E-state index in [1.54, 1.807) is 0 Å². The van der Waals surface area contributed by atoms with Crippen molar-refractivity contribution in [3.63, 3.8) is 0 Å². The van der Waals surface area contributed by atoms with Gasteiger partial charge in [-0.05, 0) is 19.3 Å². The van der Waals surface area contributed by atoms with Crippen molar-refractivity contribution in [1.29, 1.82) is 0 Å². The Morgan fingerprint density at radius 2 is 2.06 bits per heavy atom. The molecule has 4 N–H and O–H groups in total. The fourth-order valence-corrected chi connectivity index (χ4v) is 1.99. The number of carbonyl (C=O) groups is 2. The Balaban J connectivity index is 0.00000289. The first-order valence-corrected chi connectivity index (χ1v) is 5.98. The van der Waals surface area contributed by atoms with E-state index in [1.165, 1.54) is 7.05 Å². The van der Waals surface area contributed by atoms with Crippen molar-refractivity contribution >= 4 is 24.3 Å². The summed E-state index contributed by atoms with van der Waals surface area (Å²) in [6, 6.07) is -0.564. The molecule has 1 aliphatic heterocycles. The van der Waals surface area contributed by atoms with Gasteiger partial charge in [0.1, 0.15) is 0 Å². The Morgan fingerprint density at radius 3 is 2.56 bits per heavy atom. The van der Waals surface area contributed by atoms with Gasteiger partial charge in [-0.15, -0.1) is 12.4 Å². The molecular formula is C11H23ClN4O2. The summed E-state index contributed by atoms with van der Waals surface area (Å²) in [5.74, 6) is 0.103. The number of nitrogens with one attached hydrogen (secondary N) is 2. The molecule has 106 valence electrons. The lowest BCUT2D eigenvalue weighted by Crippen LogP contribution is -2.54. The quantitative estimate of drug-likeness (QED) is 0.659. The Morgan fingerprint density at radius 1 is 1.44 bits per heavy atom. The lowest BCUT2D eigenvalue weighted by Gasteiger charge is -2.37. The second-order valence-corrected chi connectivity index (χ2v) is 4.67. The van der Waals surface area contributed by atoms with Gasteiger partial charge in [0, 0.05) is 26.2 Å². The average molecular weight is 279 g/mol. The first-order chi connectivity index (χ1) is 7.95. The highest BCUT2D eigenvalue weighted by Crippen LogP contribution is 2.17. The van der Waals surface area contributed by atoms with Crippen LogP contribution in [0.1, 0.15) is 20.3 Å².